The van der Waals surface area contributed by atoms with Crippen molar-refractivity contribution >= 4 is 0 Å². The van der Waals surface area contributed by atoms with E-state index in [1.54, 1.807) is 7.11 Å². The third-order valence-electron chi connectivity index (χ3n) is 4.68. The van der Waals surface area contributed by atoms with Crippen LogP contribution in [0.4, 0.5) is 0 Å². The average Bonchev–Trinajstić information content (AvgIpc) is 3.31. The number of rotatable bonds is 9. The summed E-state index contributed by atoms with van der Waals surface area (Å²) < 4.78 is 11.4. The Bertz CT molecular complexity index is 351. The number of hydrogen-bond acceptors (Lipinski definition) is 4. The summed E-state index contributed by atoms with van der Waals surface area (Å²) in [7, 11) is 1.79. The van der Waals surface area contributed by atoms with E-state index in [0.717, 1.165) is 32.3 Å². The number of nitrogens with zero attached hydrogens (tertiary/aromatic N) is 1. The summed E-state index contributed by atoms with van der Waals surface area (Å²) in [4.78, 5) is 0. The molecule has 2 saturated carbocycles. The number of methoxy groups -OCH3 is 1. The lowest BCUT2D eigenvalue weighted by molar-refractivity contribution is -0.0304. The molecule has 2 aliphatic rings. The van der Waals surface area contributed by atoms with E-state index in [1.807, 2.05) is 6.92 Å². The van der Waals surface area contributed by atoms with Crippen molar-refractivity contribution < 1.29 is 9.47 Å². The normalized spacial score (nSPS) is 28.8. The topological polar surface area (TPSA) is 54.3 Å². The molecule has 3 atom stereocenters. The molecular formula is C17H30N2O2. The van der Waals surface area contributed by atoms with Crippen LogP contribution in [-0.2, 0) is 9.47 Å². The van der Waals surface area contributed by atoms with Crippen molar-refractivity contribution in [3.05, 3.63) is 0 Å². The Morgan fingerprint density at radius 1 is 1.19 bits per heavy atom. The third kappa shape index (κ3) is 5.94. The van der Waals surface area contributed by atoms with Gasteiger partial charge in [-0.1, -0.05) is 0 Å². The first-order chi connectivity index (χ1) is 10.1. The highest BCUT2D eigenvalue weighted by molar-refractivity contribution is 5.06. The molecule has 0 saturated heterocycles. The zero-order valence-corrected chi connectivity index (χ0v) is 13.6. The van der Waals surface area contributed by atoms with Crippen LogP contribution in [0.2, 0.25) is 0 Å². The molecule has 0 aromatic heterocycles. The van der Waals surface area contributed by atoms with Crippen molar-refractivity contribution in [2.45, 2.75) is 88.5 Å². The van der Waals surface area contributed by atoms with Gasteiger partial charge in [0.15, 0.2) is 0 Å². The highest BCUT2D eigenvalue weighted by atomic mass is 16.5. The van der Waals surface area contributed by atoms with Gasteiger partial charge in [-0.2, -0.15) is 5.26 Å². The first-order valence-corrected chi connectivity index (χ1v) is 8.48. The molecule has 4 heteroatoms. The summed E-state index contributed by atoms with van der Waals surface area (Å²) >= 11 is 0. The minimum absolute atomic E-state index is 0.354. The fourth-order valence-electron chi connectivity index (χ4n) is 3.14. The molecule has 2 rings (SSSR count). The number of ether oxygens (including phenoxy) is 2. The van der Waals surface area contributed by atoms with Crippen molar-refractivity contribution in [3.8, 4) is 6.07 Å². The van der Waals surface area contributed by atoms with Crippen molar-refractivity contribution in [2.24, 2.45) is 0 Å². The number of unbranched alkanes of at least 4 members (excludes halogenated alkanes) is 1. The highest BCUT2D eigenvalue weighted by Gasteiger charge is 2.31. The van der Waals surface area contributed by atoms with Crippen LogP contribution in [0.25, 0.3) is 0 Å². The van der Waals surface area contributed by atoms with Crippen molar-refractivity contribution in [1.82, 2.24) is 5.32 Å². The predicted octanol–water partition coefficient (Wildman–Crippen LogP) is 3.17. The lowest BCUT2D eigenvalue weighted by Crippen LogP contribution is -2.42. The van der Waals surface area contributed by atoms with Gasteiger partial charge in [-0.3, -0.25) is 5.32 Å². The molecule has 0 radical (unpaired) electrons. The summed E-state index contributed by atoms with van der Waals surface area (Å²) in [5, 5.41) is 12.8. The van der Waals surface area contributed by atoms with E-state index in [0.29, 0.717) is 18.2 Å². The maximum Gasteiger partial charge on any atom is 0.104 e. The van der Waals surface area contributed by atoms with Crippen LogP contribution in [0.1, 0.15) is 64.7 Å². The first-order valence-electron chi connectivity index (χ1n) is 8.48. The van der Waals surface area contributed by atoms with Gasteiger partial charge in [-0.15, -0.1) is 0 Å². The third-order valence-corrected chi connectivity index (χ3v) is 4.68. The zero-order valence-electron chi connectivity index (χ0n) is 13.6. The fourth-order valence-corrected chi connectivity index (χ4v) is 3.14. The monoisotopic (exact) mass is 294 g/mol. The Hall–Kier alpha value is -0.630. The Kier molecular flexibility index (Phi) is 6.47. The van der Waals surface area contributed by atoms with Gasteiger partial charge in [0.25, 0.3) is 0 Å². The highest BCUT2D eigenvalue weighted by Crippen LogP contribution is 2.25. The molecule has 0 amide bonds. The Balaban J connectivity index is 1.55. The van der Waals surface area contributed by atoms with Gasteiger partial charge in [0, 0.05) is 19.8 Å². The molecule has 0 spiro atoms. The van der Waals surface area contributed by atoms with Gasteiger partial charge < -0.3 is 9.47 Å². The van der Waals surface area contributed by atoms with Gasteiger partial charge in [-0.05, 0) is 64.7 Å². The van der Waals surface area contributed by atoms with Crippen molar-refractivity contribution in [2.75, 3.05) is 13.7 Å². The van der Waals surface area contributed by atoms with Gasteiger partial charge in [-0.25, -0.2) is 0 Å². The second-order valence-electron chi connectivity index (χ2n) is 6.84. The molecule has 0 aromatic rings. The molecular weight excluding hydrogens is 264 g/mol. The zero-order chi connectivity index (χ0) is 15.1. The van der Waals surface area contributed by atoms with Gasteiger partial charge >= 0.3 is 0 Å². The van der Waals surface area contributed by atoms with Gasteiger partial charge in [0.05, 0.1) is 18.3 Å². The molecule has 3 unspecified atom stereocenters. The molecule has 0 heterocycles. The van der Waals surface area contributed by atoms with E-state index >= 15 is 0 Å². The maximum atomic E-state index is 9.32. The van der Waals surface area contributed by atoms with Crippen LogP contribution in [0, 0.1) is 11.3 Å². The first kappa shape index (κ1) is 16.7. The summed E-state index contributed by atoms with van der Waals surface area (Å²) in [5.41, 5.74) is -0.354. The fraction of sp³-hybridized carbons (Fsp3) is 0.941. The minimum Gasteiger partial charge on any atom is -0.381 e. The molecule has 0 bridgehead atoms. The van der Waals surface area contributed by atoms with Crippen LogP contribution in [0.5, 0.6) is 0 Å². The molecule has 0 aliphatic heterocycles. The quantitative estimate of drug-likeness (QED) is 0.664. The summed E-state index contributed by atoms with van der Waals surface area (Å²) in [6, 6.07) is 3.02. The van der Waals surface area contributed by atoms with E-state index < -0.39 is 0 Å². The van der Waals surface area contributed by atoms with E-state index in [1.165, 1.54) is 32.1 Å². The maximum absolute atomic E-state index is 9.32. The van der Waals surface area contributed by atoms with Crippen LogP contribution in [0.3, 0.4) is 0 Å². The average molecular weight is 294 g/mol. The lowest BCUT2D eigenvalue weighted by atomic mass is 9.94. The van der Waals surface area contributed by atoms with E-state index in [4.69, 9.17) is 9.47 Å². The number of nitriles is 1. The SMILES string of the molecule is COC1CCCC(OCCCCC(C)(C#N)NC2CC2)C1. The molecule has 1 N–H and O–H groups in total. The van der Waals surface area contributed by atoms with Crippen LogP contribution in [0.15, 0.2) is 0 Å². The van der Waals surface area contributed by atoms with E-state index in [-0.39, 0.29) is 5.54 Å². The van der Waals surface area contributed by atoms with E-state index in [9.17, 15) is 5.26 Å². The predicted molar refractivity (Wildman–Crippen MR) is 83.0 cm³/mol. The second-order valence-corrected chi connectivity index (χ2v) is 6.84. The van der Waals surface area contributed by atoms with Crippen molar-refractivity contribution in [3.63, 3.8) is 0 Å². The Labute approximate surface area is 129 Å². The molecule has 2 aliphatic carbocycles. The lowest BCUT2D eigenvalue weighted by Gasteiger charge is -2.28. The summed E-state index contributed by atoms with van der Waals surface area (Å²) in [6.07, 6.45) is 10.8. The number of nitrogens with one attached hydrogen (secondary N) is 1. The molecule has 4 nitrogen and oxygen atoms in total. The van der Waals surface area contributed by atoms with E-state index in [2.05, 4.69) is 11.4 Å². The smallest absolute Gasteiger partial charge is 0.104 e. The molecule has 2 fully saturated rings. The Morgan fingerprint density at radius 3 is 2.62 bits per heavy atom. The van der Waals surface area contributed by atoms with Crippen LogP contribution in [-0.4, -0.2) is 37.5 Å². The number of hydrogen-bond donors (Lipinski definition) is 1. The minimum atomic E-state index is -0.354. The van der Waals surface area contributed by atoms with Crippen molar-refractivity contribution in [1.29, 1.82) is 5.26 Å². The van der Waals surface area contributed by atoms with Crippen LogP contribution < -0.4 is 5.32 Å². The largest absolute Gasteiger partial charge is 0.381 e. The summed E-state index contributed by atoms with van der Waals surface area (Å²) in [5.74, 6) is 0. The van der Waals surface area contributed by atoms with Gasteiger partial charge in [0.2, 0.25) is 0 Å². The molecule has 120 valence electrons. The summed E-state index contributed by atoms with van der Waals surface area (Å²) in [6.45, 7) is 2.84. The second kappa shape index (κ2) is 8.12. The van der Waals surface area contributed by atoms with Crippen LogP contribution >= 0.6 is 0 Å². The Morgan fingerprint density at radius 2 is 1.95 bits per heavy atom. The molecule has 21 heavy (non-hydrogen) atoms. The standard InChI is InChI=1S/C17H30N2O2/c1-17(13-18,19-14-8-9-14)10-3-4-11-21-16-7-5-6-15(12-16)20-2/h14-16,19H,3-12H2,1-2H3. The van der Waals surface area contributed by atoms with Gasteiger partial charge in [0.1, 0.15) is 5.54 Å². The molecule has 0 aromatic carbocycles.